The Balaban J connectivity index is 1.94. The maximum Gasteiger partial charge on any atom is 0.229 e. The molecule has 28 heavy (non-hydrogen) atoms. The second kappa shape index (κ2) is 7.10. The maximum atomic E-state index is 12.7. The van der Waals surface area contributed by atoms with E-state index < -0.39 is 5.60 Å². The molecule has 2 N–H and O–H groups in total. The predicted octanol–water partition coefficient (Wildman–Crippen LogP) is 3.90. The first-order valence-corrected chi connectivity index (χ1v) is 9.13. The van der Waals surface area contributed by atoms with E-state index in [9.17, 15) is 15.2 Å². The number of carbonyl (C=O) groups excluding carboxylic acids is 1. The van der Waals surface area contributed by atoms with Crippen molar-refractivity contribution in [2.75, 3.05) is 5.32 Å². The summed E-state index contributed by atoms with van der Waals surface area (Å²) in [5.41, 5.74) is 1.01. The van der Waals surface area contributed by atoms with Crippen molar-refractivity contribution in [2.24, 2.45) is 0 Å². The lowest BCUT2D eigenvalue weighted by Crippen LogP contribution is -2.31. The van der Waals surface area contributed by atoms with Gasteiger partial charge in [0.2, 0.25) is 11.9 Å². The number of anilines is 1. The van der Waals surface area contributed by atoms with Crippen LogP contribution >= 0.6 is 0 Å². The molecule has 0 aliphatic heterocycles. The van der Waals surface area contributed by atoms with E-state index in [1.807, 2.05) is 43.5 Å². The third kappa shape index (κ3) is 3.90. The highest BCUT2D eigenvalue weighted by Crippen LogP contribution is 2.30. The normalized spacial score (nSPS) is 13.7. The fraction of sp³-hybridized carbons (Fsp3) is 0.318. The van der Waals surface area contributed by atoms with Crippen LogP contribution in [-0.4, -0.2) is 20.6 Å². The smallest absolute Gasteiger partial charge is 0.229 e. The van der Waals surface area contributed by atoms with Gasteiger partial charge in [-0.25, -0.2) is 4.98 Å². The quantitative estimate of drug-likeness (QED) is 0.722. The molecule has 1 heterocycles. The summed E-state index contributed by atoms with van der Waals surface area (Å²) in [6.45, 7) is 7.63. The molecule has 1 atom stereocenters. The van der Waals surface area contributed by atoms with Gasteiger partial charge in [-0.1, -0.05) is 30.3 Å². The molecule has 0 radical (unpaired) electrons. The van der Waals surface area contributed by atoms with Gasteiger partial charge in [0.25, 0.3) is 0 Å². The lowest BCUT2D eigenvalue weighted by atomic mass is 9.92. The van der Waals surface area contributed by atoms with Gasteiger partial charge in [-0.05, 0) is 51.5 Å². The number of aliphatic hydroxyl groups is 1. The summed E-state index contributed by atoms with van der Waals surface area (Å²) in [4.78, 5) is 17.2. The fourth-order valence-electron chi connectivity index (χ4n) is 3.29. The number of imidazole rings is 1. The van der Waals surface area contributed by atoms with Crippen LogP contribution in [0.15, 0.2) is 48.5 Å². The Labute approximate surface area is 164 Å². The van der Waals surface area contributed by atoms with Crippen molar-refractivity contribution in [1.82, 2.24) is 9.55 Å². The van der Waals surface area contributed by atoms with Crippen LogP contribution < -0.4 is 5.32 Å². The Morgan fingerprint density at radius 3 is 2.46 bits per heavy atom. The van der Waals surface area contributed by atoms with Crippen LogP contribution in [0.25, 0.3) is 11.0 Å². The van der Waals surface area contributed by atoms with Crippen LogP contribution in [0.5, 0.6) is 0 Å². The first-order valence-electron chi connectivity index (χ1n) is 9.13. The zero-order chi connectivity index (χ0) is 20.5. The highest BCUT2D eigenvalue weighted by atomic mass is 16.3. The van der Waals surface area contributed by atoms with Crippen LogP contribution in [0.1, 0.15) is 45.2 Å². The number of rotatable bonds is 4. The summed E-state index contributed by atoms with van der Waals surface area (Å²) >= 11 is 0. The molecule has 0 saturated heterocycles. The molecule has 0 unspecified atom stereocenters. The lowest BCUT2D eigenvalue weighted by molar-refractivity contribution is -0.120. The molecule has 2 aromatic carbocycles. The van der Waals surface area contributed by atoms with Crippen LogP contribution in [0.3, 0.4) is 0 Å². The third-order valence-electron chi connectivity index (χ3n) is 4.61. The number of benzene rings is 2. The molecular weight excluding hydrogens is 352 g/mol. The van der Waals surface area contributed by atoms with Gasteiger partial charge >= 0.3 is 0 Å². The average molecular weight is 376 g/mol. The monoisotopic (exact) mass is 376 g/mol. The summed E-state index contributed by atoms with van der Waals surface area (Å²) in [5, 5.41) is 22.8. The van der Waals surface area contributed by atoms with Crippen LogP contribution in [0.2, 0.25) is 0 Å². The van der Waals surface area contributed by atoms with Gasteiger partial charge in [-0.15, -0.1) is 0 Å². The van der Waals surface area contributed by atoms with Gasteiger partial charge in [0.15, 0.2) is 0 Å². The Morgan fingerprint density at radius 2 is 1.86 bits per heavy atom. The highest BCUT2D eigenvalue weighted by Gasteiger charge is 2.28. The maximum absolute atomic E-state index is 12.7. The van der Waals surface area contributed by atoms with E-state index in [1.54, 1.807) is 37.3 Å². The lowest BCUT2D eigenvalue weighted by Gasteiger charge is -2.26. The van der Waals surface area contributed by atoms with Crippen molar-refractivity contribution in [3.63, 3.8) is 0 Å². The molecule has 1 amide bonds. The molecule has 0 aliphatic rings. The molecule has 3 aromatic rings. The summed E-state index contributed by atoms with van der Waals surface area (Å²) in [7, 11) is 0. The van der Waals surface area contributed by atoms with Crippen molar-refractivity contribution >= 4 is 22.9 Å². The van der Waals surface area contributed by atoms with E-state index in [1.165, 1.54) is 0 Å². The minimum atomic E-state index is -1.29. The van der Waals surface area contributed by atoms with Crippen molar-refractivity contribution in [2.45, 2.75) is 45.3 Å². The minimum Gasteiger partial charge on any atom is -0.385 e. The van der Waals surface area contributed by atoms with Crippen molar-refractivity contribution in [3.8, 4) is 6.07 Å². The largest absolute Gasteiger partial charge is 0.385 e. The standard InChI is InChI=1S/C22H24N4O2/c1-21(2,3)26-18-12-15(14-23)10-11-17(18)24-20(26)25-19(27)13-22(4,28)16-8-6-5-7-9-16/h5-12,28H,13H2,1-4H3,(H,24,25,27)/t22-/m1/s1. The number of nitriles is 1. The van der Waals surface area contributed by atoms with Crippen LogP contribution in [0, 0.1) is 11.3 Å². The molecule has 1 aromatic heterocycles. The fourth-order valence-corrected chi connectivity index (χ4v) is 3.29. The van der Waals surface area contributed by atoms with E-state index in [2.05, 4.69) is 16.4 Å². The molecule has 0 bridgehead atoms. The van der Waals surface area contributed by atoms with E-state index in [0.717, 1.165) is 5.52 Å². The minimum absolute atomic E-state index is 0.103. The zero-order valence-electron chi connectivity index (χ0n) is 16.5. The second-order valence-electron chi connectivity index (χ2n) is 8.12. The Hall–Kier alpha value is -3.17. The molecule has 0 spiro atoms. The summed E-state index contributed by atoms with van der Waals surface area (Å²) in [6, 6.07) is 16.5. The number of hydrogen-bond donors (Lipinski definition) is 2. The van der Waals surface area contributed by atoms with E-state index in [4.69, 9.17) is 0 Å². The van der Waals surface area contributed by atoms with Gasteiger partial charge in [0.05, 0.1) is 34.7 Å². The molecule has 6 nitrogen and oxygen atoms in total. The topological polar surface area (TPSA) is 90.9 Å². The van der Waals surface area contributed by atoms with Gasteiger partial charge in [0, 0.05) is 5.54 Å². The molecule has 3 rings (SSSR count). The van der Waals surface area contributed by atoms with Crippen LogP contribution in [-0.2, 0) is 15.9 Å². The first-order chi connectivity index (χ1) is 13.1. The van der Waals surface area contributed by atoms with Crippen molar-refractivity contribution < 1.29 is 9.90 Å². The molecule has 0 aliphatic carbocycles. The number of fused-ring (bicyclic) bond motifs is 1. The predicted molar refractivity (Wildman–Crippen MR) is 109 cm³/mol. The summed E-state index contributed by atoms with van der Waals surface area (Å²) in [6.07, 6.45) is -0.103. The zero-order valence-corrected chi connectivity index (χ0v) is 16.5. The average Bonchev–Trinajstić information content (AvgIpc) is 2.98. The number of carbonyl (C=O) groups is 1. The Morgan fingerprint density at radius 1 is 1.18 bits per heavy atom. The van der Waals surface area contributed by atoms with Gasteiger partial charge in [-0.3, -0.25) is 10.1 Å². The van der Waals surface area contributed by atoms with Crippen LogP contribution in [0.4, 0.5) is 5.95 Å². The van der Waals surface area contributed by atoms with E-state index in [0.29, 0.717) is 22.6 Å². The highest BCUT2D eigenvalue weighted by molar-refractivity contribution is 5.92. The number of nitrogens with zero attached hydrogens (tertiary/aromatic N) is 3. The first kappa shape index (κ1) is 19.6. The molecule has 0 fully saturated rings. The molecule has 144 valence electrons. The van der Waals surface area contributed by atoms with E-state index in [-0.39, 0.29) is 17.9 Å². The number of aromatic nitrogens is 2. The summed E-state index contributed by atoms with van der Waals surface area (Å²) in [5.74, 6) is 0.0571. The van der Waals surface area contributed by atoms with E-state index >= 15 is 0 Å². The SMILES string of the molecule is CC(C)(C)n1c(NC(=O)C[C@@](C)(O)c2ccccc2)nc2ccc(C#N)cc21. The third-order valence-corrected chi connectivity index (χ3v) is 4.61. The number of hydrogen-bond acceptors (Lipinski definition) is 4. The number of nitrogens with one attached hydrogen (secondary N) is 1. The molecular formula is C22H24N4O2. The summed E-state index contributed by atoms with van der Waals surface area (Å²) < 4.78 is 1.90. The van der Waals surface area contributed by atoms with Crippen molar-refractivity contribution in [3.05, 3.63) is 59.7 Å². The molecule has 0 saturated carbocycles. The van der Waals surface area contributed by atoms with Gasteiger partial charge in [0.1, 0.15) is 0 Å². The number of amides is 1. The van der Waals surface area contributed by atoms with Gasteiger partial charge in [-0.2, -0.15) is 5.26 Å². The Kier molecular flexibility index (Phi) is 4.97. The second-order valence-corrected chi connectivity index (χ2v) is 8.12. The molecule has 6 heteroatoms. The Bertz CT molecular complexity index is 1050. The van der Waals surface area contributed by atoms with Gasteiger partial charge < -0.3 is 9.67 Å². The van der Waals surface area contributed by atoms with Crippen molar-refractivity contribution in [1.29, 1.82) is 5.26 Å².